The number of hydrogen-bond acceptors (Lipinski definition) is 4. The van der Waals surface area contributed by atoms with Crippen molar-refractivity contribution >= 4 is 43.8 Å². The Morgan fingerprint density at radius 3 is 1.50 bits per heavy atom. The molecule has 0 heterocycles. The molecular formula is C4H4Br2O4. The van der Waals surface area contributed by atoms with E-state index in [1.54, 1.807) is 0 Å². The lowest BCUT2D eigenvalue weighted by atomic mass is 10.8. The molecule has 58 valence electrons. The number of hydrogen-bond donors (Lipinski definition) is 0. The zero-order valence-corrected chi connectivity index (χ0v) is 7.98. The molecule has 6 heteroatoms. The van der Waals surface area contributed by atoms with Gasteiger partial charge in [0.15, 0.2) is 0 Å². The molecule has 10 heavy (non-hydrogen) atoms. The molecule has 0 aliphatic rings. The van der Waals surface area contributed by atoms with Crippen LogP contribution in [0.15, 0.2) is 0 Å². The molecule has 0 aliphatic carbocycles. The van der Waals surface area contributed by atoms with Gasteiger partial charge in [-0.2, -0.15) is 0 Å². The summed E-state index contributed by atoms with van der Waals surface area (Å²) < 4.78 is 0. The smallest absolute Gasteiger partial charge is 0.246 e. The molecule has 0 aromatic heterocycles. The monoisotopic (exact) mass is 274 g/mol. The third kappa shape index (κ3) is 4.75. The largest absolute Gasteiger partial charge is 0.366 e. The molecule has 4 nitrogen and oxygen atoms in total. The lowest BCUT2D eigenvalue weighted by molar-refractivity contribution is -0.254. The van der Waals surface area contributed by atoms with E-state index >= 15 is 0 Å². The minimum Gasteiger partial charge on any atom is -0.246 e. The van der Waals surface area contributed by atoms with Gasteiger partial charge in [0.25, 0.3) is 0 Å². The van der Waals surface area contributed by atoms with Crippen LogP contribution in [0, 0.1) is 0 Å². The maximum absolute atomic E-state index is 10.3. The van der Waals surface area contributed by atoms with Crippen LogP contribution in [0.4, 0.5) is 0 Å². The van der Waals surface area contributed by atoms with Gasteiger partial charge in [-0.1, -0.05) is 31.9 Å². The number of rotatable bonds is 2. The fourth-order valence-electron chi connectivity index (χ4n) is 0.137. The van der Waals surface area contributed by atoms with Gasteiger partial charge < -0.3 is 0 Å². The van der Waals surface area contributed by atoms with Crippen molar-refractivity contribution in [3.05, 3.63) is 0 Å². The second kappa shape index (κ2) is 5.67. The Morgan fingerprint density at radius 1 is 1.00 bits per heavy atom. The molecule has 0 bridgehead atoms. The average Bonchev–Trinajstić information content (AvgIpc) is 1.99. The SMILES string of the molecule is O=C(CBr)OOC(=O)CBr. The second-order valence-corrected chi connectivity index (χ2v) is 2.30. The van der Waals surface area contributed by atoms with Crippen LogP contribution in [0.2, 0.25) is 0 Å². The summed E-state index contributed by atoms with van der Waals surface area (Å²) >= 11 is 5.62. The molecule has 0 spiro atoms. The highest BCUT2D eigenvalue weighted by atomic mass is 79.9. The number of alkyl halides is 2. The van der Waals surface area contributed by atoms with E-state index in [0.29, 0.717) is 0 Å². The van der Waals surface area contributed by atoms with Crippen molar-refractivity contribution in [1.29, 1.82) is 0 Å². The van der Waals surface area contributed by atoms with Crippen LogP contribution in [0.1, 0.15) is 0 Å². The van der Waals surface area contributed by atoms with E-state index in [4.69, 9.17) is 0 Å². The summed E-state index contributed by atoms with van der Waals surface area (Å²) in [5.41, 5.74) is 0. The first kappa shape index (κ1) is 9.90. The maximum atomic E-state index is 10.3. The standard InChI is InChI=1S/C4H4Br2O4/c5-1-3(7)9-10-4(8)2-6/h1-2H2. The molecular weight excluding hydrogens is 272 g/mol. The Kier molecular flexibility index (Phi) is 5.61. The van der Waals surface area contributed by atoms with Gasteiger partial charge in [0.05, 0.1) is 0 Å². The molecule has 0 saturated heterocycles. The van der Waals surface area contributed by atoms with Crippen LogP contribution >= 0.6 is 31.9 Å². The summed E-state index contributed by atoms with van der Waals surface area (Å²) in [6, 6.07) is 0. The Labute approximate surface area is 74.0 Å². The van der Waals surface area contributed by atoms with Crippen LogP contribution < -0.4 is 0 Å². The van der Waals surface area contributed by atoms with E-state index in [1.807, 2.05) is 0 Å². The number of carbonyl (C=O) groups is 2. The molecule has 0 rings (SSSR count). The van der Waals surface area contributed by atoms with Gasteiger partial charge in [-0.05, 0) is 0 Å². The van der Waals surface area contributed by atoms with Gasteiger partial charge in [0, 0.05) is 0 Å². The van der Waals surface area contributed by atoms with Crippen molar-refractivity contribution in [2.75, 3.05) is 10.7 Å². The first-order valence-electron chi connectivity index (χ1n) is 2.22. The highest BCUT2D eigenvalue weighted by molar-refractivity contribution is 9.09. The fraction of sp³-hybridized carbons (Fsp3) is 0.500. The molecule has 0 radical (unpaired) electrons. The average molecular weight is 276 g/mol. The first-order valence-corrected chi connectivity index (χ1v) is 4.47. The van der Waals surface area contributed by atoms with E-state index in [0.717, 1.165) is 0 Å². The summed E-state index contributed by atoms with van der Waals surface area (Å²) in [6.45, 7) is 0. The van der Waals surface area contributed by atoms with Crippen molar-refractivity contribution in [1.82, 2.24) is 0 Å². The molecule has 0 saturated carbocycles. The topological polar surface area (TPSA) is 52.6 Å². The third-order valence-corrected chi connectivity index (χ3v) is 1.36. The van der Waals surface area contributed by atoms with Crippen LogP contribution in [-0.4, -0.2) is 22.6 Å². The predicted molar refractivity (Wildman–Crippen MR) is 39.8 cm³/mol. The van der Waals surface area contributed by atoms with E-state index < -0.39 is 11.9 Å². The summed E-state index contributed by atoms with van der Waals surface area (Å²) in [4.78, 5) is 28.5. The summed E-state index contributed by atoms with van der Waals surface area (Å²) in [6.07, 6.45) is 0. The van der Waals surface area contributed by atoms with Crippen LogP contribution in [0.3, 0.4) is 0 Å². The second-order valence-electron chi connectivity index (χ2n) is 1.18. The van der Waals surface area contributed by atoms with Gasteiger partial charge in [-0.25, -0.2) is 19.4 Å². The maximum Gasteiger partial charge on any atom is 0.366 e. The minimum absolute atomic E-state index is 0.00255. The lowest BCUT2D eigenvalue weighted by Crippen LogP contribution is -2.12. The Morgan fingerprint density at radius 2 is 1.30 bits per heavy atom. The predicted octanol–water partition coefficient (Wildman–Crippen LogP) is 0.778. The van der Waals surface area contributed by atoms with Crippen LogP contribution in [0.5, 0.6) is 0 Å². The van der Waals surface area contributed by atoms with E-state index in [-0.39, 0.29) is 10.7 Å². The molecule has 0 amide bonds. The summed E-state index contributed by atoms with van der Waals surface area (Å²) in [7, 11) is 0. The van der Waals surface area contributed by atoms with Crippen molar-refractivity contribution in [2.24, 2.45) is 0 Å². The van der Waals surface area contributed by atoms with Crippen molar-refractivity contribution in [2.45, 2.75) is 0 Å². The Balaban J connectivity index is 3.35. The van der Waals surface area contributed by atoms with Crippen LogP contribution in [-0.2, 0) is 19.4 Å². The van der Waals surface area contributed by atoms with Gasteiger partial charge >= 0.3 is 11.9 Å². The summed E-state index contributed by atoms with van der Waals surface area (Å²) in [5.74, 6) is -1.29. The third-order valence-electron chi connectivity index (χ3n) is 0.446. The zero-order chi connectivity index (χ0) is 7.98. The highest BCUT2D eigenvalue weighted by Crippen LogP contribution is 1.90. The van der Waals surface area contributed by atoms with Gasteiger partial charge in [-0.15, -0.1) is 0 Å². The van der Waals surface area contributed by atoms with E-state index in [9.17, 15) is 9.59 Å². The molecule has 0 aliphatic heterocycles. The Bertz CT molecular complexity index is 119. The minimum atomic E-state index is -0.644. The summed E-state index contributed by atoms with van der Waals surface area (Å²) in [5, 5.41) is 0.00509. The Hall–Kier alpha value is -0.100. The van der Waals surface area contributed by atoms with Gasteiger partial charge in [0.1, 0.15) is 10.7 Å². The van der Waals surface area contributed by atoms with Crippen molar-refractivity contribution in [3.63, 3.8) is 0 Å². The van der Waals surface area contributed by atoms with E-state index in [1.165, 1.54) is 0 Å². The van der Waals surface area contributed by atoms with Gasteiger partial charge in [0.2, 0.25) is 0 Å². The number of carbonyl (C=O) groups excluding carboxylic acids is 2. The molecule has 0 unspecified atom stereocenters. The fourth-order valence-corrected chi connectivity index (χ4v) is 0.324. The quantitative estimate of drug-likeness (QED) is 0.425. The first-order chi connectivity index (χ1) is 4.70. The number of halogens is 2. The molecule has 0 aromatic rings. The molecule has 0 fully saturated rings. The molecule has 0 atom stereocenters. The van der Waals surface area contributed by atoms with Crippen molar-refractivity contribution < 1.29 is 19.4 Å². The van der Waals surface area contributed by atoms with E-state index in [2.05, 4.69) is 41.6 Å². The molecule has 0 aromatic carbocycles. The lowest BCUT2D eigenvalue weighted by Gasteiger charge is -1.96. The van der Waals surface area contributed by atoms with Gasteiger partial charge in [-0.3, -0.25) is 0 Å². The highest BCUT2D eigenvalue weighted by Gasteiger charge is 2.05. The zero-order valence-electron chi connectivity index (χ0n) is 4.80. The normalized spacial score (nSPS) is 8.60. The molecule has 0 N–H and O–H groups in total. The van der Waals surface area contributed by atoms with Crippen molar-refractivity contribution in [3.8, 4) is 0 Å². The van der Waals surface area contributed by atoms with Crippen LogP contribution in [0.25, 0.3) is 0 Å².